The molecule has 5 rings (SSSR count). The van der Waals surface area contributed by atoms with Crippen LogP contribution in [-0.2, 0) is 11.3 Å². The van der Waals surface area contributed by atoms with E-state index in [4.69, 9.17) is 0 Å². The second-order valence-corrected chi connectivity index (χ2v) is 10.3. The highest BCUT2D eigenvalue weighted by atomic mass is 32.1. The summed E-state index contributed by atoms with van der Waals surface area (Å²) in [5, 5.41) is 5.37. The number of aromatic nitrogens is 1. The minimum atomic E-state index is -1.01. The van der Waals surface area contributed by atoms with Crippen molar-refractivity contribution < 1.29 is 9.59 Å². The van der Waals surface area contributed by atoms with Crippen LogP contribution in [0.1, 0.15) is 55.6 Å². The maximum absolute atomic E-state index is 13.8. The molecule has 31 heavy (non-hydrogen) atoms. The minimum Gasteiger partial charge on any atom is -0.351 e. The molecule has 1 aromatic carbocycles. The average molecular weight is 436 g/mol. The lowest BCUT2D eigenvalue weighted by Gasteiger charge is -2.45. The molecule has 0 saturated heterocycles. The zero-order valence-electron chi connectivity index (χ0n) is 18.4. The first-order valence-electron chi connectivity index (χ1n) is 11.2. The lowest BCUT2D eigenvalue weighted by atomic mass is 9.84. The predicted molar refractivity (Wildman–Crippen MR) is 126 cm³/mol. The summed E-state index contributed by atoms with van der Waals surface area (Å²) < 4.78 is 3.11. The zero-order valence-corrected chi connectivity index (χ0v) is 19.2. The molecule has 0 unspecified atom stereocenters. The number of nitrogens with zero attached hydrogens (tertiary/aromatic N) is 2. The van der Waals surface area contributed by atoms with E-state index in [0.717, 1.165) is 40.7 Å². The standard InChI is InChI=1S/C25H29N3O2S/c1-16-8-10-18(11-9-16)28-23(29)21-14-22-20(12-13-31-22)27(21)15-25(28,3)24(30)26-19-7-5-4-6-17(19)2/h8-14,17,19H,4-7,15H2,1-3H3,(H,26,30)/t17-,19-,25+/m0/s1. The van der Waals surface area contributed by atoms with Crippen molar-refractivity contribution in [1.82, 2.24) is 9.88 Å². The summed E-state index contributed by atoms with van der Waals surface area (Å²) in [6, 6.07) is 12.1. The lowest BCUT2D eigenvalue weighted by Crippen LogP contribution is -2.65. The van der Waals surface area contributed by atoms with Crippen LogP contribution in [0.5, 0.6) is 0 Å². The van der Waals surface area contributed by atoms with Crippen LogP contribution in [0, 0.1) is 12.8 Å². The number of anilines is 1. The summed E-state index contributed by atoms with van der Waals surface area (Å²) in [4.78, 5) is 29.3. The van der Waals surface area contributed by atoms with E-state index < -0.39 is 5.54 Å². The molecule has 3 aromatic rings. The first-order chi connectivity index (χ1) is 14.9. The number of thiophene rings is 1. The first-order valence-corrected chi connectivity index (χ1v) is 12.1. The summed E-state index contributed by atoms with van der Waals surface area (Å²) in [7, 11) is 0. The quantitative estimate of drug-likeness (QED) is 0.620. The average Bonchev–Trinajstić information content (AvgIpc) is 3.33. The van der Waals surface area contributed by atoms with Crippen LogP contribution in [-0.4, -0.2) is 28.0 Å². The number of carbonyl (C=O) groups excluding carboxylic acids is 2. The van der Waals surface area contributed by atoms with Gasteiger partial charge in [-0.15, -0.1) is 11.3 Å². The molecular weight excluding hydrogens is 406 g/mol. The molecule has 5 nitrogen and oxygen atoms in total. The Morgan fingerprint density at radius 1 is 1.16 bits per heavy atom. The van der Waals surface area contributed by atoms with Gasteiger partial charge in [-0.05, 0) is 62.3 Å². The van der Waals surface area contributed by atoms with Crippen LogP contribution in [0.15, 0.2) is 41.8 Å². The van der Waals surface area contributed by atoms with E-state index in [1.807, 2.05) is 60.2 Å². The monoisotopic (exact) mass is 435 g/mol. The molecule has 1 aliphatic heterocycles. The molecule has 0 bridgehead atoms. The largest absolute Gasteiger partial charge is 0.351 e. The Labute approximate surface area is 187 Å². The number of carbonyl (C=O) groups is 2. The summed E-state index contributed by atoms with van der Waals surface area (Å²) in [6.07, 6.45) is 4.51. The van der Waals surface area contributed by atoms with E-state index in [2.05, 4.69) is 12.2 Å². The van der Waals surface area contributed by atoms with E-state index in [9.17, 15) is 9.59 Å². The third-order valence-corrected chi connectivity index (χ3v) is 7.97. The number of aryl methyl sites for hydroxylation is 1. The fraction of sp³-hybridized carbons (Fsp3) is 0.440. The molecule has 3 atom stereocenters. The molecule has 2 aliphatic rings. The molecule has 2 amide bonds. The van der Waals surface area contributed by atoms with E-state index >= 15 is 0 Å². The van der Waals surface area contributed by atoms with E-state index in [0.29, 0.717) is 18.2 Å². The molecule has 1 saturated carbocycles. The van der Waals surface area contributed by atoms with Crippen molar-refractivity contribution in [2.75, 3.05) is 4.90 Å². The van der Waals surface area contributed by atoms with Gasteiger partial charge in [-0.1, -0.05) is 37.5 Å². The molecule has 3 heterocycles. The van der Waals surface area contributed by atoms with Crippen LogP contribution in [0.2, 0.25) is 0 Å². The van der Waals surface area contributed by atoms with E-state index in [1.165, 1.54) is 6.42 Å². The summed E-state index contributed by atoms with van der Waals surface area (Å²) in [6.45, 7) is 6.59. The number of fused-ring (bicyclic) bond motifs is 3. The Balaban J connectivity index is 1.59. The Morgan fingerprint density at radius 3 is 2.65 bits per heavy atom. The Hall–Kier alpha value is -2.60. The Bertz CT molecular complexity index is 1150. The van der Waals surface area contributed by atoms with Crippen LogP contribution in [0.25, 0.3) is 10.2 Å². The van der Waals surface area contributed by atoms with Crippen molar-refractivity contribution in [2.45, 2.75) is 64.6 Å². The van der Waals surface area contributed by atoms with Gasteiger partial charge in [0.2, 0.25) is 5.91 Å². The van der Waals surface area contributed by atoms with Gasteiger partial charge in [0.1, 0.15) is 11.2 Å². The van der Waals surface area contributed by atoms with E-state index in [-0.39, 0.29) is 17.9 Å². The van der Waals surface area contributed by atoms with E-state index in [1.54, 1.807) is 16.2 Å². The van der Waals surface area contributed by atoms with Crippen LogP contribution >= 0.6 is 11.3 Å². The molecule has 1 N–H and O–H groups in total. The van der Waals surface area contributed by atoms with Gasteiger partial charge in [-0.2, -0.15) is 0 Å². The summed E-state index contributed by atoms with van der Waals surface area (Å²) >= 11 is 1.63. The van der Waals surface area contributed by atoms with Gasteiger partial charge in [0.05, 0.1) is 16.8 Å². The molecular formula is C25H29N3O2S. The van der Waals surface area contributed by atoms with Gasteiger partial charge in [0.15, 0.2) is 0 Å². The summed E-state index contributed by atoms with van der Waals surface area (Å²) in [5.41, 5.74) is 2.56. The molecule has 2 aromatic heterocycles. The SMILES string of the molecule is Cc1ccc(N2C(=O)c3cc4sccc4n3C[C@]2(C)C(=O)N[C@H]2CCCC[C@@H]2C)cc1. The minimum absolute atomic E-state index is 0.0668. The Kier molecular flexibility index (Phi) is 4.93. The van der Waals surface area contributed by atoms with Crippen molar-refractivity contribution >= 4 is 39.1 Å². The molecule has 1 fully saturated rings. The highest BCUT2D eigenvalue weighted by Gasteiger charge is 2.49. The number of benzene rings is 1. The summed E-state index contributed by atoms with van der Waals surface area (Å²) in [5.74, 6) is 0.273. The molecule has 0 spiro atoms. The highest BCUT2D eigenvalue weighted by molar-refractivity contribution is 7.17. The first kappa shape index (κ1) is 20.3. The van der Waals surface area contributed by atoms with Crippen LogP contribution < -0.4 is 10.2 Å². The topological polar surface area (TPSA) is 54.3 Å². The highest BCUT2D eigenvalue weighted by Crippen LogP contribution is 2.37. The van der Waals surface area contributed by atoms with Crippen LogP contribution in [0.3, 0.4) is 0 Å². The maximum atomic E-state index is 13.8. The van der Waals surface area contributed by atoms with Gasteiger partial charge < -0.3 is 9.88 Å². The lowest BCUT2D eigenvalue weighted by molar-refractivity contribution is -0.127. The number of nitrogens with one attached hydrogen (secondary N) is 1. The Morgan fingerprint density at radius 2 is 1.90 bits per heavy atom. The number of rotatable bonds is 3. The predicted octanol–water partition coefficient (Wildman–Crippen LogP) is 5.13. The zero-order chi connectivity index (χ0) is 21.8. The molecule has 6 heteroatoms. The third-order valence-electron chi connectivity index (χ3n) is 7.11. The number of amides is 2. The van der Waals surface area contributed by atoms with Gasteiger partial charge in [0, 0.05) is 11.7 Å². The van der Waals surface area contributed by atoms with Gasteiger partial charge in [0.25, 0.3) is 5.91 Å². The second-order valence-electron chi connectivity index (χ2n) is 9.38. The fourth-order valence-electron chi connectivity index (χ4n) is 5.17. The number of hydrogen-bond donors (Lipinski definition) is 1. The second kappa shape index (κ2) is 7.52. The molecule has 0 radical (unpaired) electrons. The van der Waals surface area contributed by atoms with Crippen molar-refractivity contribution in [1.29, 1.82) is 0 Å². The van der Waals surface area contributed by atoms with Gasteiger partial charge in [-0.3, -0.25) is 14.5 Å². The van der Waals surface area contributed by atoms with Crippen molar-refractivity contribution in [3.63, 3.8) is 0 Å². The normalized spacial score (nSPS) is 26.2. The van der Waals surface area contributed by atoms with Gasteiger partial charge in [-0.25, -0.2) is 0 Å². The van der Waals surface area contributed by atoms with Crippen LogP contribution in [0.4, 0.5) is 5.69 Å². The third kappa shape index (κ3) is 3.28. The molecule has 1 aliphatic carbocycles. The van der Waals surface area contributed by atoms with Crippen molar-refractivity contribution in [3.05, 3.63) is 53.0 Å². The number of hydrogen-bond acceptors (Lipinski definition) is 3. The maximum Gasteiger partial charge on any atom is 0.275 e. The smallest absolute Gasteiger partial charge is 0.275 e. The molecule has 162 valence electrons. The van der Waals surface area contributed by atoms with Crippen molar-refractivity contribution in [3.8, 4) is 0 Å². The van der Waals surface area contributed by atoms with Crippen molar-refractivity contribution in [2.24, 2.45) is 5.92 Å². The van der Waals surface area contributed by atoms with Gasteiger partial charge >= 0.3 is 0 Å². The fourth-order valence-corrected chi connectivity index (χ4v) is 5.99.